The summed E-state index contributed by atoms with van der Waals surface area (Å²) in [5.74, 6) is -1.04. The summed E-state index contributed by atoms with van der Waals surface area (Å²) in [4.78, 5) is 36.9. The Hall–Kier alpha value is -2.48. The summed E-state index contributed by atoms with van der Waals surface area (Å²) < 4.78 is 25.5. The van der Waals surface area contributed by atoms with Crippen molar-refractivity contribution in [1.29, 1.82) is 0 Å². The van der Waals surface area contributed by atoms with Crippen LogP contribution in [0.1, 0.15) is 45.2 Å². The van der Waals surface area contributed by atoms with Gasteiger partial charge in [-0.3, -0.25) is 19.1 Å². The van der Waals surface area contributed by atoms with Crippen LogP contribution in [0, 0.1) is 6.92 Å². The van der Waals surface area contributed by atoms with Gasteiger partial charge in [0.1, 0.15) is 5.56 Å². The van der Waals surface area contributed by atoms with Crippen molar-refractivity contribution in [2.75, 3.05) is 5.75 Å². The average molecular weight is 348 g/mol. The van der Waals surface area contributed by atoms with Gasteiger partial charge in [0.15, 0.2) is 21.4 Å². The van der Waals surface area contributed by atoms with Gasteiger partial charge in [0, 0.05) is 30.3 Å². The Balaban J connectivity index is 2.19. The highest BCUT2D eigenvalue weighted by Crippen LogP contribution is 2.30. The molecule has 0 saturated carbocycles. The van der Waals surface area contributed by atoms with Crippen molar-refractivity contribution >= 4 is 21.4 Å². The van der Waals surface area contributed by atoms with E-state index in [-0.39, 0.29) is 39.5 Å². The predicted octanol–water partition coefficient (Wildman–Crippen LogP) is 1.10. The van der Waals surface area contributed by atoms with Crippen LogP contribution in [0.3, 0.4) is 0 Å². The number of nitrogens with zero attached hydrogens (tertiary/aromatic N) is 1. The van der Waals surface area contributed by atoms with Crippen molar-refractivity contribution in [3.63, 3.8) is 0 Å². The molecule has 0 spiro atoms. The Labute approximate surface area is 138 Å². The molecule has 2 heterocycles. The summed E-state index contributed by atoms with van der Waals surface area (Å²) in [6.07, 6.45) is 1.23. The third-order valence-corrected chi connectivity index (χ3v) is 6.04. The zero-order valence-corrected chi connectivity index (χ0v) is 14.1. The quantitative estimate of drug-likeness (QED) is 0.836. The van der Waals surface area contributed by atoms with Crippen LogP contribution in [0.2, 0.25) is 0 Å². The molecule has 8 heteroatoms. The second kappa shape index (κ2) is 5.55. The number of ketones is 2. The van der Waals surface area contributed by atoms with Crippen LogP contribution >= 0.6 is 0 Å². The first kappa shape index (κ1) is 16.4. The molecule has 0 saturated heterocycles. The van der Waals surface area contributed by atoms with Gasteiger partial charge in [-0.25, -0.2) is 8.42 Å². The van der Waals surface area contributed by atoms with Gasteiger partial charge in [-0.2, -0.15) is 0 Å². The first-order valence-electron chi connectivity index (χ1n) is 7.50. The molecule has 1 aromatic carbocycles. The number of carbonyl (C=O) groups excluding carboxylic acids is 2. The van der Waals surface area contributed by atoms with Crippen LogP contribution < -0.4 is 5.56 Å². The molecule has 1 aromatic heterocycles. The number of Topliss-reactive ketones (excluding diaryl/α,β-unsaturated/α-hetero) is 1. The largest absolute Gasteiger partial charge is 0.302 e. The standard InChI is InChI=1S/C16H16N2O5S/c1-3-18-16(21)11(8-17-18)15(20)10-4-5-13-14(9(10)2)12(19)6-7-24(13,22)23/h4-5,8,17H,3,6-7H2,1-2H3. The van der Waals surface area contributed by atoms with Gasteiger partial charge >= 0.3 is 0 Å². The summed E-state index contributed by atoms with van der Waals surface area (Å²) in [7, 11) is -3.52. The molecule has 0 aliphatic carbocycles. The lowest BCUT2D eigenvalue weighted by atomic mass is 9.94. The molecular formula is C16H16N2O5S. The number of sulfone groups is 1. The van der Waals surface area contributed by atoms with Gasteiger partial charge in [0.25, 0.3) is 5.56 Å². The monoisotopic (exact) mass is 348 g/mol. The number of aromatic nitrogens is 2. The fourth-order valence-electron chi connectivity index (χ4n) is 2.95. The molecule has 1 aliphatic rings. The number of fused-ring (bicyclic) bond motifs is 1. The van der Waals surface area contributed by atoms with E-state index >= 15 is 0 Å². The van der Waals surface area contributed by atoms with Crippen LogP contribution in [0.15, 0.2) is 28.0 Å². The Kier molecular flexibility index (Phi) is 3.79. The molecule has 126 valence electrons. The van der Waals surface area contributed by atoms with Crippen LogP contribution in [0.5, 0.6) is 0 Å². The summed E-state index contributed by atoms with van der Waals surface area (Å²) in [5.41, 5.74) is 0.0519. The molecular weight excluding hydrogens is 332 g/mol. The van der Waals surface area contributed by atoms with E-state index in [0.29, 0.717) is 12.1 Å². The highest BCUT2D eigenvalue weighted by Gasteiger charge is 2.32. The van der Waals surface area contributed by atoms with Crippen molar-refractivity contribution in [1.82, 2.24) is 9.78 Å². The first-order chi connectivity index (χ1) is 11.3. The van der Waals surface area contributed by atoms with E-state index < -0.39 is 21.2 Å². The number of nitrogens with one attached hydrogen (secondary N) is 1. The Morgan fingerprint density at radius 3 is 2.58 bits per heavy atom. The molecule has 0 unspecified atom stereocenters. The van der Waals surface area contributed by atoms with Crippen LogP contribution in [0.25, 0.3) is 0 Å². The van der Waals surface area contributed by atoms with E-state index in [4.69, 9.17) is 0 Å². The Morgan fingerprint density at radius 1 is 1.25 bits per heavy atom. The summed E-state index contributed by atoms with van der Waals surface area (Å²) in [6, 6.07) is 2.66. The predicted molar refractivity (Wildman–Crippen MR) is 86.3 cm³/mol. The molecule has 0 amide bonds. The molecule has 7 nitrogen and oxygen atoms in total. The number of benzene rings is 1. The summed E-state index contributed by atoms with van der Waals surface area (Å²) in [5, 5.41) is 2.70. The number of rotatable bonds is 3. The van der Waals surface area contributed by atoms with Gasteiger partial charge in [-0.05, 0) is 31.5 Å². The van der Waals surface area contributed by atoms with Crippen molar-refractivity contribution in [3.05, 3.63) is 50.9 Å². The molecule has 1 aliphatic heterocycles. The lowest BCUT2D eigenvalue weighted by Gasteiger charge is -2.19. The smallest absolute Gasteiger partial charge is 0.277 e. The van der Waals surface area contributed by atoms with Crippen molar-refractivity contribution in [2.24, 2.45) is 0 Å². The fraction of sp³-hybridized carbons (Fsp3) is 0.312. The minimum absolute atomic E-state index is 0.0344. The first-order valence-corrected chi connectivity index (χ1v) is 9.15. The van der Waals surface area contributed by atoms with Gasteiger partial charge in [0.05, 0.1) is 10.6 Å². The molecule has 3 rings (SSSR count). The van der Waals surface area contributed by atoms with E-state index in [1.807, 2.05) is 0 Å². The molecule has 0 radical (unpaired) electrons. The normalized spacial score (nSPS) is 16.0. The summed E-state index contributed by atoms with van der Waals surface area (Å²) >= 11 is 0. The number of hydrogen-bond acceptors (Lipinski definition) is 5. The van der Waals surface area contributed by atoms with Crippen LogP contribution in [-0.2, 0) is 16.4 Å². The molecule has 0 fully saturated rings. The molecule has 2 aromatic rings. The average Bonchev–Trinajstić information content (AvgIpc) is 2.91. The van der Waals surface area contributed by atoms with E-state index in [1.54, 1.807) is 6.92 Å². The topological polar surface area (TPSA) is 106 Å². The highest BCUT2D eigenvalue weighted by atomic mass is 32.2. The van der Waals surface area contributed by atoms with E-state index in [9.17, 15) is 22.8 Å². The summed E-state index contributed by atoms with van der Waals surface area (Å²) in [6.45, 7) is 3.70. The minimum Gasteiger partial charge on any atom is -0.302 e. The number of hydrogen-bond donors (Lipinski definition) is 1. The Morgan fingerprint density at radius 2 is 1.96 bits per heavy atom. The van der Waals surface area contributed by atoms with Crippen LogP contribution in [0.4, 0.5) is 0 Å². The van der Waals surface area contributed by atoms with Gasteiger partial charge < -0.3 is 5.10 Å². The van der Waals surface area contributed by atoms with E-state index in [2.05, 4.69) is 5.10 Å². The molecule has 0 bridgehead atoms. The van der Waals surface area contributed by atoms with E-state index in [0.717, 1.165) is 0 Å². The maximum Gasteiger partial charge on any atom is 0.277 e. The third-order valence-electron chi connectivity index (χ3n) is 4.28. The number of H-pyrrole nitrogens is 1. The van der Waals surface area contributed by atoms with Crippen molar-refractivity contribution in [2.45, 2.75) is 31.7 Å². The lowest BCUT2D eigenvalue weighted by Crippen LogP contribution is -2.25. The number of aromatic amines is 1. The maximum atomic E-state index is 12.7. The zero-order chi connectivity index (χ0) is 17.6. The van der Waals surface area contributed by atoms with Gasteiger partial charge in [0.2, 0.25) is 0 Å². The highest BCUT2D eigenvalue weighted by molar-refractivity contribution is 7.91. The third kappa shape index (κ3) is 2.34. The maximum absolute atomic E-state index is 12.7. The SMILES string of the molecule is CCn1[nH]cc(C(=O)c2ccc3c(c2C)C(=O)CCS3(=O)=O)c1=O. The zero-order valence-electron chi connectivity index (χ0n) is 13.3. The molecule has 1 N–H and O–H groups in total. The fourth-order valence-corrected chi connectivity index (χ4v) is 4.48. The Bertz CT molecular complexity index is 1030. The molecule has 24 heavy (non-hydrogen) atoms. The van der Waals surface area contributed by atoms with E-state index in [1.165, 1.54) is 29.9 Å². The van der Waals surface area contributed by atoms with Gasteiger partial charge in [-0.1, -0.05) is 0 Å². The van der Waals surface area contributed by atoms with Crippen LogP contribution in [-0.4, -0.2) is 35.5 Å². The second-order valence-corrected chi connectivity index (χ2v) is 7.75. The number of aryl methyl sites for hydroxylation is 1. The lowest BCUT2D eigenvalue weighted by molar-refractivity contribution is 0.0982. The second-order valence-electron chi connectivity index (χ2n) is 5.67. The van der Waals surface area contributed by atoms with Crippen molar-refractivity contribution < 1.29 is 18.0 Å². The van der Waals surface area contributed by atoms with Gasteiger partial charge in [-0.15, -0.1) is 0 Å². The molecule has 0 atom stereocenters. The van der Waals surface area contributed by atoms with Crippen molar-refractivity contribution in [3.8, 4) is 0 Å². The minimum atomic E-state index is -3.52. The number of carbonyl (C=O) groups is 2.